The lowest BCUT2D eigenvalue weighted by atomic mass is 9.91. The van der Waals surface area contributed by atoms with E-state index >= 15 is 0 Å². The molecule has 1 N–H and O–H groups in total. The minimum atomic E-state index is -4.27. The molecule has 0 aromatic heterocycles. The summed E-state index contributed by atoms with van der Waals surface area (Å²) in [5.41, 5.74) is 1.70. The summed E-state index contributed by atoms with van der Waals surface area (Å²) in [6.45, 7) is -0.892. The molecule has 2 aliphatic rings. The van der Waals surface area contributed by atoms with Crippen molar-refractivity contribution in [3.8, 4) is 17.2 Å². The summed E-state index contributed by atoms with van der Waals surface area (Å²) in [5, 5.41) is 9.32. The summed E-state index contributed by atoms with van der Waals surface area (Å²) in [7, 11) is 2.98. The summed E-state index contributed by atoms with van der Waals surface area (Å²) in [6, 6.07) is 13.0. The summed E-state index contributed by atoms with van der Waals surface area (Å²) >= 11 is 0. The van der Waals surface area contributed by atoms with Crippen LogP contribution in [0.3, 0.4) is 0 Å². The van der Waals surface area contributed by atoms with Gasteiger partial charge in [-0.2, -0.15) is 13.2 Å². The quantitative estimate of drug-likeness (QED) is 0.338. The fourth-order valence-corrected chi connectivity index (χ4v) is 5.26. The molecule has 0 saturated heterocycles. The molecule has 0 radical (unpaired) electrons. The normalized spacial score (nSPS) is 20.7. The van der Waals surface area contributed by atoms with E-state index in [2.05, 4.69) is 0 Å². The van der Waals surface area contributed by atoms with Crippen molar-refractivity contribution in [2.75, 3.05) is 20.7 Å². The third-order valence-corrected chi connectivity index (χ3v) is 7.25. The van der Waals surface area contributed by atoms with Gasteiger partial charge in [0.2, 0.25) is 0 Å². The van der Waals surface area contributed by atoms with Crippen LogP contribution in [0.4, 0.5) is 13.2 Å². The van der Waals surface area contributed by atoms with Crippen molar-refractivity contribution in [2.24, 2.45) is 5.92 Å². The number of carbonyl (C=O) groups is 1. The molecule has 0 heterocycles. The van der Waals surface area contributed by atoms with Gasteiger partial charge in [0.15, 0.2) is 0 Å². The maximum absolute atomic E-state index is 12.8. The number of ether oxygens (including phenoxy) is 3. The largest absolute Gasteiger partial charge is 0.497 e. The van der Waals surface area contributed by atoms with Gasteiger partial charge in [0.05, 0.1) is 32.3 Å². The van der Waals surface area contributed by atoms with E-state index in [1.54, 1.807) is 25.3 Å². The third-order valence-electron chi connectivity index (χ3n) is 7.25. The molecular formula is C29H36F3NO5. The molecule has 2 aromatic carbocycles. The number of carboxylic acids is 1. The molecule has 2 aromatic rings. The average Bonchev–Trinajstić information content (AvgIpc) is 3.69. The Balaban J connectivity index is 1.34. The molecule has 6 nitrogen and oxygen atoms in total. The van der Waals surface area contributed by atoms with Gasteiger partial charge in [0.25, 0.3) is 0 Å². The van der Waals surface area contributed by atoms with Crippen LogP contribution >= 0.6 is 0 Å². The summed E-state index contributed by atoms with van der Waals surface area (Å²) in [4.78, 5) is 12.6. The Morgan fingerprint density at radius 3 is 2.29 bits per heavy atom. The van der Waals surface area contributed by atoms with E-state index in [4.69, 9.17) is 14.2 Å². The van der Waals surface area contributed by atoms with Crippen molar-refractivity contribution < 1.29 is 37.3 Å². The number of aliphatic carboxylic acids is 1. The highest BCUT2D eigenvalue weighted by Crippen LogP contribution is 2.45. The zero-order valence-corrected chi connectivity index (χ0v) is 21.9. The highest BCUT2D eigenvalue weighted by atomic mass is 19.4. The number of hydrogen-bond acceptors (Lipinski definition) is 5. The number of nitrogens with zero attached hydrogens (tertiary/aromatic N) is 1. The van der Waals surface area contributed by atoms with E-state index in [9.17, 15) is 23.1 Å². The number of hydrogen-bond donors (Lipinski definition) is 1. The van der Waals surface area contributed by atoms with E-state index in [0.717, 1.165) is 49.8 Å². The molecule has 0 spiro atoms. The van der Waals surface area contributed by atoms with Crippen LogP contribution in [0.25, 0.3) is 0 Å². The van der Waals surface area contributed by atoms with Crippen LogP contribution in [-0.4, -0.2) is 55.1 Å². The first kappa shape index (κ1) is 28.1. The van der Waals surface area contributed by atoms with Gasteiger partial charge in [0, 0.05) is 18.2 Å². The second-order valence-corrected chi connectivity index (χ2v) is 10.5. The van der Waals surface area contributed by atoms with E-state index < -0.39 is 18.7 Å². The fraction of sp³-hybridized carbons (Fsp3) is 0.552. The number of rotatable bonds is 12. The summed E-state index contributed by atoms with van der Waals surface area (Å²) in [5.74, 6) is 1.56. The maximum Gasteiger partial charge on any atom is 0.401 e. The Morgan fingerprint density at radius 1 is 1.00 bits per heavy atom. The van der Waals surface area contributed by atoms with Crippen molar-refractivity contribution in [2.45, 2.75) is 75.8 Å². The van der Waals surface area contributed by atoms with Gasteiger partial charge in [-0.05, 0) is 81.2 Å². The third kappa shape index (κ3) is 8.28. The molecule has 0 bridgehead atoms. The lowest BCUT2D eigenvalue weighted by Crippen LogP contribution is -2.32. The number of halogens is 3. The molecule has 38 heavy (non-hydrogen) atoms. The minimum absolute atomic E-state index is 0.0200. The van der Waals surface area contributed by atoms with E-state index in [1.807, 2.05) is 24.3 Å². The van der Waals surface area contributed by atoms with Crippen LogP contribution in [0, 0.1) is 5.92 Å². The SMILES string of the molecule is COc1ccc(CN(C)CC(F)(F)F)c(OC2CCC(Oc3cccc(C(CC(=O)O)C4CC4)c3)CC2)c1. The second kappa shape index (κ2) is 12.3. The smallest absolute Gasteiger partial charge is 0.401 e. The lowest BCUT2D eigenvalue weighted by molar-refractivity contribution is -0.144. The van der Waals surface area contributed by atoms with Gasteiger partial charge in [-0.25, -0.2) is 0 Å². The topological polar surface area (TPSA) is 68.2 Å². The van der Waals surface area contributed by atoms with Crippen LogP contribution in [-0.2, 0) is 11.3 Å². The minimum Gasteiger partial charge on any atom is -0.497 e. The Labute approximate surface area is 221 Å². The van der Waals surface area contributed by atoms with Crippen molar-refractivity contribution in [1.29, 1.82) is 0 Å². The molecule has 2 aliphatic carbocycles. The van der Waals surface area contributed by atoms with Crippen molar-refractivity contribution in [1.82, 2.24) is 4.90 Å². The molecule has 4 rings (SSSR count). The molecule has 2 saturated carbocycles. The Hall–Kier alpha value is -2.94. The van der Waals surface area contributed by atoms with Crippen LogP contribution in [0.15, 0.2) is 42.5 Å². The van der Waals surface area contributed by atoms with E-state index in [1.165, 1.54) is 11.9 Å². The van der Waals surface area contributed by atoms with Crippen LogP contribution < -0.4 is 14.2 Å². The van der Waals surface area contributed by atoms with E-state index in [0.29, 0.717) is 23.0 Å². The van der Waals surface area contributed by atoms with Crippen LogP contribution in [0.5, 0.6) is 17.2 Å². The zero-order valence-electron chi connectivity index (χ0n) is 21.9. The van der Waals surface area contributed by atoms with Gasteiger partial charge < -0.3 is 19.3 Å². The maximum atomic E-state index is 12.8. The first-order valence-electron chi connectivity index (χ1n) is 13.2. The molecule has 0 amide bonds. The van der Waals surface area contributed by atoms with Gasteiger partial charge in [-0.1, -0.05) is 18.2 Å². The predicted molar refractivity (Wildman–Crippen MR) is 137 cm³/mol. The predicted octanol–water partition coefficient (Wildman–Crippen LogP) is 6.43. The van der Waals surface area contributed by atoms with Gasteiger partial charge in [-0.3, -0.25) is 9.69 Å². The zero-order chi connectivity index (χ0) is 27.3. The Morgan fingerprint density at radius 2 is 1.68 bits per heavy atom. The molecule has 1 atom stereocenters. The molecule has 0 aliphatic heterocycles. The molecule has 9 heteroatoms. The summed E-state index contributed by atoms with van der Waals surface area (Å²) in [6.07, 6.45) is 1.02. The number of benzene rings is 2. The van der Waals surface area contributed by atoms with Crippen molar-refractivity contribution in [3.63, 3.8) is 0 Å². The van der Waals surface area contributed by atoms with E-state index in [-0.39, 0.29) is 31.1 Å². The van der Waals surface area contributed by atoms with Crippen molar-refractivity contribution >= 4 is 5.97 Å². The highest BCUT2D eigenvalue weighted by Gasteiger charge is 2.34. The first-order chi connectivity index (χ1) is 18.1. The molecule has 208 valence electrons. The van der Waals surface area contributed by atoms with Gasteiger partial charge in [0.1, 0.15) is 17.2 Å². The monoisotopic (exact) mass is 535 g/mol. The Bertz CT molecular complexity index is 1080. The van der Waals surface area contributed by atoms with Gasteiger partial charge in [-0.15, -0.1) is 0 Å². The van der Waals surface area contributed by atoms with Crippen LogP contribution in [0.2, 0.25) is 0 Å². The highest BCUT2D eigenvalue weighted by molar-refractivity contribution is 5.68. The number of carboxylic acid groups (broad SMARTS) is 1. The molecule has 2 fully saturated rings. The lowest BCUT2D eigenvalue weighted by Gasteiger charge is -2.30. The van der Waals surface area contributed by atoms with Crippen molar-refractivity contribution in [3.05, 3.63) is 53.6 Å². The fourth-order valence-electron chi connectivity index (χ4n) is 5.26. The van der Waals surface area contributed by atoms with Gasteiger partial charge >= 0.3 is 12.1 Å². The number of alkyl halides is 3. The average molecular weight is 536 g/mol. The molecule has 1 unspecified atom stereocenters. The van der Waals surface area contributed by atoms with Crippen LogP contribution in [0.1, 0.15) is 62.0 Å². The second-order valence-electron chi connectivity index (χ2n) is 10.5. The Kier molecular flexibility index (Phi) is 9.07. The summed E-state index contributed by atoms with van der Waals surface area (Å²) < 4.78 is 56.3. The standard InChI is InChI=1S/C29H36F3NO5/c1-33(18-29(30,31)32)17-21-8-9-24(36-2)15-27(21)38-23-12-10-22(11-13-23)37-25-5-3-4-20(14-25)26(16-28(34)35)19-6-7-19/h3-5,8-9,14-15,19,22-23,26H,6-7,10-13,16-18H2,1-2H3,(H,34,35). The molecular weight excluding hydrogens is 499 g/mol. The first-order valence-corrected chi connectivity index (χ1v) is 13.2. The number of methoxy groups -OCH3 is 1.